The lowest BCUT2D eigenvalue weighted by atomic mass is 10.1. The van der Waals surface area contributed by atoms with Crippen LogP contribution in [0.15, 0.2) is 18.2 Å². The van der Waals surface area contributed by atoms with Crippen molar-refractivity contribution >= 4 is 5.97 Å². The average Bonchev–Trinajstić information content (AvgIpc) is 2.38. The molecule has 19 heavy (non-hydrogen) atoms. The van der Waals surface area contributed by atoms with Crippen molar-refractivity contribution in [2.45, 2.75) is 25.8 Å². The molecule has 0 fully saturated rings. The van der Waals surface area contributed by atoms with Crippen molar-refractivity contribution in [3.8, 4) is 11.5 Å². The molecule has 0 heterocycles. The van der Waals surface area contributed by atoms with Gasteiger partial charge in [-0.15, -0.1) is 0 Å². The van der Waals surface area contributed by atoms with Gasteiger partial charge >= 0.3 is 5.97 Å². The van der Waals surface area contributed by atoms with Gasteiger partial charge in [-0.3, -0.25) is 4.79 Å². The topological polar surface area (TPSA) is 67.8 Å². The number of carbonyl (C=O) groups is 1. The molecule has 0 unspecified atom stereocenters. The Morgan fingerprint density at radius 2 is 2.00 bits per heavy atom. The maximum absolute atomic E-state index is 11.0. The lowest BCUT2D eigenvalue weighted by molar-refractivity contribution is -0.143. The fourth-order valence-corrected chi connectivity index (χ4v) is 1.64. The molecule has 0 atom stereocenters. The molecule has 5 heteroatoms. The number of carboxylic acid groups (broad SMARTS) is 1. The first-order chi connectivity index (χ1) is 8.90. The van der Waals surface area contributed by atoms with Crippen molar-refractivity contribution in [3.63, 3.8) is 0 Å². The second kappa shape index (κ2) is 6.43. The minimum Gasteiger partial charge on any atom is -0.497 e. The second-order valence-corrected chi connectivity index (χ2v) is 4.78. The van der Waals surface area contributed by atoms with Crippen LogP contribution in [-0.4, -0.2) is 37.4 Å². The molecular formula is C14H21NO4. The van der Waals surface area contributed by atoms with Gasteiger partial charge in [0.25, 0.3) is 0 Å². The molecule has 0 saturated carbocycles. The second-order valence-electron chi connectivity index (χ2n) is 4.78. The monoisotopic (exact) mass is 267 g/mol. The Labute approximate surface area is 113 Å². The van der Waals surface area contributed by atoms with Gasteiger partial charge in [-0.05, 0) is 31.9 Å². The van der Waals surface area contributed by atoms with Crippen LogP contribution in [-0.2, 0) is 11.2 Å². The number of ether oxygens (including phenoxy) is 2. The summed E-state index contributed by atoms with van der Waals surface area (Å²) in [6, 6.07) is 5.60. The lowest BCUT2D eigenvalue weighted by Gasteiger charge is -2.21. The molecule has 0 aliphatic heterocycles. The highest BCUT2D eigenvalue weighted by molar-refractivity contribution is 5.77. The van der Waals surface area contributed by atoms with E-state index in [9.17, 15) is 4.79 Å². The predicted molar refractivity (Wildman–Crippen MR) is 73.0 cm³/mol. The van der Waals surface area contributed by atoms with Crippen molar-refractivity contribution in [1.29, 1.82) is 0 Å². The van der Waals surface area contributed by atoms with E-state index in [1.165, 1.54) is 0 Å². The van der Waals surface area contributed by atoms with Gasteiger partial charge in [0.1, 0.15) is 17.0 Å². The van der Waals surface area contributed by atoms with E-state index < -0.39 is 11.5 Å². The molecule has 0 aliphatic rings. The van der Waals surface area contributed by atoms with Crippen LogP contribution in [0.25, 0.3) is 0 Å². The van der Waals surface area contributed by atoms with Gasteiger partial charge in [0.15, 0.2) is 0 Å². The first kappa shape index (κ1) is 15.3. The van der Waals surface area contributed by atoms with E-state index in [2.05, 4.69) is 5.32 Å². The number of aliphatic carboxylic acids is 1. The Morgan fingerprint density at radius 1 is 1.32 bits per heavy atom. The molecule has 0 bridgehead atoms. The third-order valence-electron chi connectivity index (χ3n) is 2.99. The van der Waals surface area contributed by atoms with Gasteiger partial charge in [0, 0.05) is 12.6 Å². The summed E-state index contributed by atoms with van der Waals surface area (Å²) in [6.45, 7) is 3.84. The number of rotatable bonds is 7. The number of methoxy groups -OCH3 is 2. The standard InChI is InChI=1S/C14H21NO4/c1-14(2,13(16)17)15-8-7-10-5-6-11(18-3)9-12(10)19-4/h5-6,9,15H,7-8H2,1-4H3,(H,16,17). The summed E-state index contributed by atoms with van der Waals surface area (Å²) >= 11 is 0. The van der Waals surface area contributed by atoms with Crippen LogP contribution in [0.3, 0.4) is 0 Å². The number of carboxylic acids is 1. The van der Waals surface area contributed by atoms with E-state index in [0.717, 1.165) is 17.1 Å². The molecule has 1 aromatic rings. The predicted octanol–water partition coefficient (Wildman–Crippen LogP) is 1.70. The van der Waals surface area contributed by atoms with E-state index in [1.807, 2.05) is 18.2 Å². The van der Waals surface area contributed by atoms with E-state index in [1.54, 1.807) is 28.1 Å². The summed E-state index contributed by atoms with van der Waals surface area (Å²) in [6.07, 6.45) is 0.684. The van der Waals surface area contributed by atoms with Crippen molar-refractivity contribution in [3.05, 3.63) is 23.8 Å². The van der Waals surface area contributed by atoms with Crippen LogP contribution in [0.4, 0.5) is 0 Å². The van der Waals surface area contributed by atoms with Gasteiger partial charge in [-0.25, -0.2) is 0 Å². The highest BCUT2D eigenvalue weighted by Gasteiger charge is 2.25. The largest absolute Gasteiger partial charge is 0.497 e. The Kier molecular flexibility index (Phi) is 5.18. The third-order valence-corrected chi connectivity index (χ3v) is 2.99. The number of nitrogens with one attached hydrogen (secondary N) is 1. The van der Waals surface area contributed by atoms with Crippen LogP contribution < -0.4 is 14.8 Å². The van der Waals surface area contributed by atoms with E-state index in [0.29, 0.717) is 13.0 Å². The highest BCUT2D eigenvalue weighted by atomic mass is 16.5. The third kappa shape index (κ3) is 4.13. The summed E-state index contributed by atoms with van der Waals surface area (Å²) in [7, 11) is 3.21. The van der Waals surface area contributed by atoms with Gasteiger partial charge in [-0.2, -0.15) is 0 Å². The number of hydrogen-bond donors (Lipinski definition) is 2. The Balaban J connectivity index is 2.65. The maximum atomic E-state index is 11.0. The van der Waals surface area contributed by atoms with Crippen molar-refractivity contribution in [2.24, 2.45) is 0 Å². The maximum Gasteiger partial charge on any atom is 0.323 e. The van der Waals surface area contributed by atoms with Crippen molar-refractivity contribution < 1.29 is 19.4 Å². The van der Waals surface area contributed by atoms with E-state index in [-0.39, 0.29) is 0 Å². The summed E-state index contributed by atoms with van der Waals surface area (Å²) in [4.78, 5) is 11.0. The quantitative estimate of drug-likeness (QED) is 0.787. The molecule has 0 saturated heterocycles. The zero-order chi connectivity index (χ0) is 14.5. The SMILES string of the molecule is COc1ccc(CCNC(C)(C)C(=O)O)c(OC)c1. The van der Waals surface area contributed by atoms with Crippen LogP contribution >= 0.6 is 0 Å². The molecule has 0 aromatic heterocycles. The van der Waals surface area contributed by atoms with Crippen LogP contribution in [0, 0.1) is 0 Å². The fraction of sp³-hybridized carbons (Fsp3) is 0.500. The van der Waals surface area contributed by atoms with Gasteiger partial charge in [-0.1, -0.05) is 6.07 Å². The molecule has 0 spiro atoms. The Bertz CT molecular complexity index is 443. The zero-order valence-corrected chi connectivity index (χ0v) is 11.8. The van der Waals surface area contributed by atoms with Crippen molar-refractivity contribution in [1.82, 2.24) is 5.32 Å². The number of benzene rings is 1. The molecular weight excluding hydrogens is 246 g/mol. The number of hydrogen-bond acceptors (Lipinski definition) is 4. The van der Waals surface area contributed by atoms with Gasteiger partial charge < -0.3 is 19.9 Å². The molecule has 0 radical (unpaired) electrons. The molecule has 106 valence electrons. The van der Waals surface area contributed by atoms with Crippen LogP contribution in [0.5, 0.6) is 11.5 Å². The molecule has 0 aliphatic carbocycles. The van der Waals surface area contributed by atoms with E-state index in [4.69, 9.17) is 14.6 Å². The summed E-state index contributed by atoms with van der Waals surface area (Å²) in [5.74, 6) is 0.614. The minimum absolute atomic E-state index is 0.558. The van der Waals surface area contributed by atoms with Gasteiger partial charge in [0.05, 0.1) is 14.2 Å². The first-order valence-electron chi connectivity index (χ1n) is 6.10. The summed E-state index contributed by atoms with van der Waals surface area (Å²) < 4.78 is 10.4. The van der Waals surface area contributed by atoms with E-state index >= 15 is 0 Å². The Morgan fingerprint density at radius 3 is 2.53 bits per heavy atom. The van der Waals surface area contributed by atoms with Gasteiger partial charge in [0.2, 0.25) is 0 Å². The van der Waals surface area contributed by atoms with Crippen LogP contribution in [0.1, 0.15) is 19.4 Å². The fourth-order valence-electron chi connectivity index (χ4n) is 1.64. The molecule has 0 amide bonds. The zero-order valence-electron chi connectivity index (χ0n) is 11.8. The lowest BCUT2D eigenvalue weighted by Crippen LogP contribution is -2.47. The normalized spacial score (nSPS) is 11.2. The molecule has 5 nitrogen and oxygen atoms in total. The minimum atomic E-state index is -0.931. The molecule has 1 rings (SSSR count). The highest BCUT2D eigenvalue weighted by Crippen LogP contribution is 2.24. The average molecular weight is 267 g/mol. The van der Waals surface area contributed by atoms with Crippen molar-refractivity contribution in [2.75, 3.05) is 20.8 Å². The summed E-state index contributed by atoms with van der Waals surface area (Å²) in [5.41, 5.74) is 0.0803. The first-order valence-corrected chi connectivity index (χ1v) is 6.10. The summed E-state index contributed by atoms with van der Waals surface area (Å²) in [5, 5.41) is 12.0. The molecule has 2 N–H and O–H groups in total. The van der Waals surface area contributed by atoms with Crippen LogP contribution in [0.2, 0.25) is 0 Å². The molecule has 1 aromatic carbocycles. The Hall–Kier alpha value is -1.75. The smallest absolute Gasteiger partial charge is 0.323 e.